The number of carboxylic acid groups (broad SMARTS) is 1. The Labute approximate surface area is 83.9 Å². The highest BCUT2D eigenvalue weighted by molar-refractivity contribution is 6.16. The van der Waals surface area contributed by atoms with Crippen LogP contribution in [0.4, 0.5) is 0 Å². The van der Waals surface area contributed by atoms with Gasteiger partial charge in [-0.25, -0.2) is 4.79 Å². The van der Waals surface area contributed by atoms with E-state index in [4.69, 9.17) is 5.11 Å². The molecule has 0 aliphatic carbocycles. The van der Waals surface area contributed by atoms with Crippen LogP contribution < -0.4 is 0 Å². The zero-order chi connectivity index (χ0) is 10.6. The van der Waals surface area contributed by atoms with E-state index < -0.39 is 5.97 Å². The zero-order valence-electron chi connectivity index (χ0n) is 8.45. The van der Waals surface area contributed by atoms with Crippen LogP contribution in [0.25, 0.3) is 5.57 Å². The number of hydrogen-bond acceptors (Lipinski definition) is 1. The minimum absolute atomic E-state index is 0.424. The Bertz CT molecular complexity index is 350. The van der Waals surface area contributed by atoms with Crippen molar-refractivity contribution in [2.45, 2.75) is 20.3 Å². The van der Waals surface area contributed by atoms with Gasteiger partial charge in [0.05, 0.1) is 5.57 Å². The van der Waals surface area contributed by atoms with Crippen LogP contribution in [0.1, 0.15) is 25.8 Å². The second-order valence-electron chi connectivity index (χ2n) is 3.18. The maximum Gasteiger partial charge on any atom is 0.336 e. The van der Waals surface area contributed by atoms with Gasteiger partial charge in [-0.1, -0.05) is 42.8 Å². The first kappa shape index (κ1) is 10.5. The van der Waals surface area contributed by atoms with E-state index >= 15 is 0 Å². The summed E-state index contributed by atoms with van der Waals surface area (Å²) in [6.07, 6.45) is 0.760. The van der Waals surface area contributed by atoms with E-state index in [-0.39, 0.29) is 0 Å². The first-order valence-electron chi connectivity index (χ1n) is 4.65. The van der Waals surface area contributed by atoms with Gasteiger partial charge < -0.3 is 5.11 Å². The molecule has 1 aromatic carbocycles. The third-order valence-corrected chi connectivity index (χ3v) is 2.23. The second kappa shape index (κ2) is 4.61. The summed E-state index contributed by atoms with van der Waals surface area (Å²) in [4.78, 5) is 11.0. The van der Waals surface area contributed by atoms with Gasteiger partial charge in [-0.2, -0.15) is 0 Å². The van der Waals surface area contributed by atoms with Gasteiger partial charge in [0.2, 0.25) is 0 Å². The number of rotatable bonds is 3. The smallest absolute Gasteiger partial charge is 0.336 e. The molecule has 2 heteroatoms. The summed E-state index contributed by atoms with van der Waals surface area (Å²) >= 11 is 0. The molecule has 0 radical (unpaired) electrons. The van der Waals surface area contributed by atoms with Crippen LogP contribution in [-0.4, -0.2) is 11.1 Å². The fraction of sp³-hybridized carbons (Fsp3) is 0.250. The normalized spacial score (nSPS) is 12.1. The Hall–Kier alpha value is -1.57. The van der Waals surface area contributed by atoms with E-state index in [1.54, 1.807) is 0 Å². The number of hydrogen-bond donors (Lipinski definition) is 1. The molecule has 0 saturated heterocycles. The average Bonchev–Trinajstić information content (AvgIpc) is 2.19. The summed E-state index contributed by atoms with van der Waals surface area (Å²) in [7, 11) is 0. The van der Waals surface area contributed by atoms with Gasteiger partial charge in [-0.3, -0.25) is 0 Å². The van der Waals surface area contributed by atoms with Gasteiger partial charge in [0, 0.05) is 0 Å². The third kappa shape index (κ3) is 2.22. The molecule has 0 unspecified atom stereocenters. The van der Waals surface area contributed by atoms with Crippen molar-refractivity contribution in [2.75, 3.05) is 0 Å². The summed E-state index contributed by atoms with van der Waals surface area (Å²) in [5.41, 5.74) is 2.11. The summed E-state index contributed by atoms with van der Waals surface area (Å²) < 4.78 is 0. The summed E-state index contributed by atoms with van der Waals surface area (Å²) in [5, 5.41) is 9.07. The Kier molecular flexibility index (Phi) is 3.46. The first-order chi connectivity index (χ1) is 6.66. The fourth-order valence-electron chi connectivity index (χ4n) is 1.33. The highest BCUT2D eigenvalue weighted by Crippen LogP contribution is 2.20. The van der Waals surface area contributed by atoms with Crippen molar-refractivity contribution in [3.8, 4) is 0 Å². The van der Waals surface area contributed by atoms with E-state index in [9.17, 15) is 4.79 Å². The predicted molar refractivity (Wildman–Crippen MR) is 57.0 cm³/mol. The maximum absolute atomic E-state index is 11.0. The van der Waals surface area contributed by atoms with Crippen LogP contribution in [0.3, 0.4) is 0 Å². The van der Waals surface area contributed by atoms with E-state index in [1.165, 1.54) is 0 Å². The first-order valence-corrected chi connectivity index (χ1v) is 4.65. The molecule has 14 heavy (non-hydrogen) atoms. The van der Waals surface area contributed by atoms with Crippen molar-refractivity contribution in [1.82, 2.24) is 0 Å². The molecule has 0 amide bonds. The van der Waals surface area contributed by atoms with Crippen molar-refractivity contribution < 1.29 is 9.90 Å². The molecular formula is C12H14O2. The van der Waals surface area contributed by atoms with Gasteiger partial charge in [-0.05, 0) is 18.9 Å². The Morgan fingerprint density at radius 1 is 1.29 bits per heavy atom. The minimum atomic E-state index is -0.851. The van der Waals surface area contributed by atoms with E-state index in [2.05, 4.69) is 0 Å². The number of aliphatic carboxylic acids is 1. The van der Waals surface area contributed by atoms with Gasteiger partial charge in [0.1, 0.15) is 0 Å². The molecule has 1 aromatic rings. The van der Waals surface area contributed by atoms with Crippen LogP contribution >= 0.6 is 0 Å². The second-order valence-corrected chi connectivity index (χ2v) is 3.18. The van der Waals surface area contributed by atoms with Crippen molar-refractivity contribution >= 4 is 11.5 Å². The molecule has 0 aliphatic rings. The molecule has 74 valence electrons. The molecule has 0 fully saturated rings. The summed E-state index contributed by atoms with van der Waals surface area (Å²) in [6, 6.07) is 9.22. The van der Waals surface area contributed by atoms with Crippen LogP contribution in [-0.2, 0) is 4.79 Å². The lowest BCUT2D eigenvalue weighted by Gasteiger charge is -2.06. The Morgan fingerprint density at radius 2 is 1.86 bits per heavy atom. The average molecular weight is 190 g/mol. The van der Waals surface area contributed by atoms with Gasteiger partial charge in [0.25, 0.3) is 0 Å². The third-order valence-electron chi connectivity index (χ3n) is 2.23. The van der Waals surface area contributed by atoms with Crippen molar-refractivity contribution in [3.63, 3.8) is 0 Å². The monoisotopic (exact) mass is 190 g/mol. The molecule has 2 nitrogen and oxygen atoms in total. The molecule has 1 rings (SSSR count). The van der Waals surface area contributed by atoms with Crippen LogP contribution in [0.2, 0.25) is 0 Å². The van der Waals surface area contributed by atoms with Crippen molar-refractivity contribution in [2.24, 2.45) is 0 Å². The van der Waals surface area contributed by atoms with E-state index in [1.807, 2.05) is 44.2 Å². The SMILES string of the molecule is CC/C(C)=C(/C(=O)O)c1ccccc1. The summed E-state index contributed by atoms with van der Waals surface area (Å²) in [5.74, 6) is -0.851. The van der Waals surface area contributed by atoms with Gasteiger partial charge in [-0.15, -0.1) is 0 Å². The quantitative estimate of drug-likeness (QED) is 0.744. The van der Waals surface area contributed by atoms with Gasteiger partial charge in [0.15, 0.2) is 0 Å². The number of carboxylic acids is 1. The topological polar surface area (TPSA) is 37.3 Å². The summed E-state index contributed by atoms with van der Waals surface area (Å²) in [6.45, 7) is 3.82. The number of benzene rings is 1. The molecule has 0 atom stereocenters. The van der Waals surface area contributed by atoms with E-state index in [0.29, 0.717) is 5.57 Å². The van der Waals surface area contributed by atoms with Crippen molar-refractivity contribution in [3.05, 3.63) is 41.5 Å². The lowest BCUT2D eigenvalue weighted by Crippen LogP contribution is -2.02. The maximum atomic E-state index is 11.0. The van der Waals surface area contributed by atoms with Crippen LogP contribution in [0.5, 0.6) is 0 Å². The number of carbonyl (C=O) groups is 1. The van der Waals surface area contributed by atoms with E-state index in [0.717, 1.165) is 17.6 Å². The lowest BCUT2D eigenvalue weighted by atomic mass is 9.99. The molecule has 0 heterocycles. The highest BCUT2D eigenvalue weighted by atomic mass is 16.4. The Morgan fingerprint density at radius 3 is 2.29 bits per heavy atom. The van der Waals surface area contributed by atoms with Crippen LogP contribution in [0.15, 0.2) is 35.9 Å². The van der Waals surface area contributed by atoms with Gasteiger partial charge >= 0.3 is 5.97 Å². The van der Waals surface area contributed by atoms with Crippen LogP contribution in [0, 0.1) is 0 Å². The molecule has 0 bridgehead atoms. The molecular weight excluding hydrogens is 176 g/mol. The molecule has 0 spiro atoms. The Balaban J connectivity index is 3.21. The highest BCUT2D eigenvalue weighted by Gasteiger charge is 2.12. The standard InChI is InChI=1S/C12H14O2/c1-3-9(2)11(12(13)14)10-7-5-4-6-8-10/h4-8H,3H2,1-2H3,(H,13,14)/b11-9+. The zero-order valence-corrected chi connectivity index (χ0v) is 8.45. The minimum Gasteiger partial charge on any atom is -0.478 e. The molecule has 1 N–H and O–H groups in total. The largest absolute Gasteiger partial charge is 0.478 e. The molecule has 0 saturated carbocycles. The molecule has 0 aliphatic heterocycles. The number of allylic oxidation sites excluding steroid dienone is 1. The fourth-order valence-corrected chi connectivity index (χ4v) is 1.33. The lowest BCUT2D eigenvalue weighted by molar-refractivity contribution is -0.130. The predicted octanol–water partition coefficient (Wildman–Crippen LogP) is 2.95. The van der Waals surface area contributed by atoms with Crippen molar-refractivity contribution in [1.29, 1.82) is 0 Å². The molecule has 0 aromatic heterocycles.